The molecule has 0 aliphatic rings. The highest BCUT2D eigenvalue weighted by Crippen LogP contribution is 2.31. The molecule has 0 unspecified atom stereocenters. The second-order valence-corrected chi connectivity index (χ2v) is 9.60. The summed E-state index contributed by atoms with van der Waals surface area (Å²) in [5.41, 5.74) is 2.44. The van der Waals surface area contributed by atoms with Crippen LogP contribution in [0, 0.1) is 31.1 Å². The number of thioether (sulfide) groups is 1. The lowest BCUT2D eigenvalue weighted by atomic mass is 9.90. The summed E-state index contributed by atoms with van der Waals surface area (Å²) in [6.45, 7) is 11.5. The van der Waals surface area contributed by atoms with Gasteiger partial charge in [0, 0.05) is 5.69 Å². The van der Waals surface area contributed by atoms with E-state index in [0.29, 0.717) is 9.47 Å². The number of nitrogens with one attached hydrogen (secondary N) is 2. The molecule has 144 valence electrons. The van der Waals surface area contributed by atoms with Crippen molar-refractivity contribution in [2.24, 2.45) is 5.92 Å². The maximum absolute atomic E-state index is 12.5. The third-order valence-electron chi connectivity index (χ3n) is 4.45. The smallest absolute Gasteiger partial charge is 0.234 e. The summed E-state index contributed by atoms with van der Waals surface area (Å²) in [7, 11) is 0. The molecule has 2 rings (SSSR count). The lowest BCUT2D eigenvalue weighted by Crippen LogP contribution is -2.51. The van der Waals surface area contributed by atoms with Gasteiger partial charge in [0.25, 0.3) is 0 Å². The summed E-state index contributed by atoms with van der Waals surface area (Å²) in [4.78, 5) is 12.5. The number of carbonyl (C=O) groups excluding carboxylic acids is 1. The molecule has 6 nitrogen and oxygen atoms in total. The molecule has 2 N–H and O–H groups in total. The molecule has 0 saturated carbocycles. The van der Waals surface area contributed by atoms with Gasteiger partial charge < -0.3 is 10.6 Å². The van der Waals surface area contributed by atoms with Crippen molar-refractivity contribution in [3.05, 3.63) is 29.3 Å². The predicted octanol–water partition coefficient (Wildman–Crippen LogP) is 4.43. The van der Waals surface area contributed by atoms with Gasteiger partial charge in [0.15, 0.2) is 4.34 Å². The molecule has 2 atom stereocenters. The highest BCUT2D eigenvalue weighted by atomic mass is 32.2. The fourth-order valence-corrected chi connectivity index (χ4v) is 4.15. The molecule has 0 fully saturated rings. The second-order valence-electron chi connectivity index (χ2n) is 7.03. The van der Waals surface area contributed by atoms with E-state index in [1.54, 1.807) is 13.8 Å². The highest BCUT2D eigenvalue weighted by molar-refractivity contribution is 8.02. The molecule has 0 saturated heterocycles. The normalized spacial score (nSPS) is 14.3. The lowest BCUT2D eigenvalue weighted by Gasteiger charge is -2.28. The van der Waals surface area contributed by atoms with Gasteiger partial charge in [-0.3, -0.25) is 4.79 Å². The van der Waals surface area contributed by atoms with Crippen molar-refractivity contribution in [3.8, 4) is 6.07 Å². The molecule has 1 aromatic carbocycles. The van der Waals surface area contributed by atoms with Crippen LogP contribution in [0.1, 0.15) is 38.8 Å². The van der Waals surface area contributed by atoms with Crippen LogP contribution in [-0.4, -0.2) is 26.9 Å². The lowest BCUT2D eigenvalue weighted by molar-refractivity contribution is -0.121. The Labute approximate surface area is 168 Å². The fraction of sp³-hybridized carbons (Fsp3) is 0.474. The summed E-state index contributed by atoms with van der Waals surface area (Å²) < 4.78 is 0.702. The molecule has 1 heterocycles. The van der Waals surface area contributed by atoms with Crippen LogP contribution in [-0.2, 0) is 4.79 Å². The van der Waals surface area contributed by atoms with Crippen molar-refractivity contribution < 1.29 is 4.79 Å². The summed E-state index contributed by atoms with van der Waals surface area (Å²) in [5, 5.41) is 24.1. The molecule has 1 amide bonds. The number of nitriles is 1. The number of aryl methyl sites for hydroxylation is 2. The average Bonchev–Trinajstić information content (AvgIpc) is 3.04. The van der Waals surface area contributed by atoms with E-state index < -0.39 is 5.54 Å². The molecule has 1 aromatic heterocycles. The van der Waals surface area contributed by atoms with Crippen LogP contribution in [0.4, 0.5) is 10.8 Å². The van der Waals surface area contributed by atoms with Crippen LogP contribution in [0.5, 0.6) is 0 Å². The molecule has 0 aliphatic carbocycles. The minimum absolute atomic E-state index is 0.0127. The first-order chi connectivity index (χ1) is 12.6. The molecular weight excluding hydrogens is 378 g/mol. The van der Waals surface area contributed by atoms with Gasteiger partial charge in [-0.1, -0.05) is 54.6 Å². The van der Waals surface area contributed by atoms with Crippen molar-refractivity contribution in [1.82, 2.24) is 15.5 Å². The number of anilines is 2. The Hall–Kier alpha value is -2.11. The van der Waals surface area contributed by atoms with Crippen LogP contribution >= 0.6 is 23.1 Å². The van der Waals surface area contributed by atoms with Crippen LogP contribution in [0.2, 0.25) is 0 Å². The minimum atomic E-state index is -0.886. The van der Waals surface area contributed by atoms with Crippen molar-refractivity contribution in [1.29, 1.82) is 5.26 Å². The predicted molar refractivity (Wildman–Crippen MR) is 111 cm³/mol. The van der Waals surface area contributed by atoms with E-state index in [4.69, 9.17) is 0 Å². The van der Waals surface area contributed by atoms with Crippen molar-refractivity contribution in [2.45, 2.75) is 56.7 Å². The van der Waals surface area contributed by atoms with Gasteiger partial charge in [0.2, 0.25) is 11.0 Å². The number of benzene rings is 1. The molecular formula is C19H25N5OS2. The van der Waals surface area contributed by atoms with Gasteiger partial charge in [-0.15, -0.1) is 10.2 Å². The van der Waals surface area contributed by atoms with Gasteiger partial charge >= 0.3 is 0 Å². The minimum Gasteiger partial charge on any atom is -0.337 e. The Morgan fingerprint density at radius 1 is 1.30 bits per heavy atom. The van der Waals surface area contributed by atoms with E-state index in [1.807, 2.05) is 32.9 Å². The number of carbonyl (C=O) groups is 1. The summed E-state index contributed by atoms with van der Waals surface area (Å²) in [6, 6.07) is 8.35. The average molecular weight is 404 g/mol. The molecule has 2 aromatic rings. The fourth-order valence-electron chi connectivity index (χ4n) is 2.24. The van der Waals surface area contributed by atoms with E-state index in [1.165, 1.54) is 28.7 Å². The largest absolute Gasteiger partial charge is 0.337 e. The van der Waals surface area contributed by atoms with Gasteiger partial charge in [0.05, 0.1) is 11.3 Å². The Morgan fingerprint density at radius 3 is 2.59 bits per heavy atom. The zero-order valence-corrected chi connectivity index (χ0v) is 18.1. The maximum atomic E-state index is 12.5. The topological polar surface area (TPSA) is 90.7 Å². The van der Waals surface area contributed by atoms with Crippen molar-refractivity contribution in [3.63, 3.8) is 0 Å². The van der Waals surface area contributed by atoms with Crippen LogP contribution in [0.3, 0.4) is 0 Å². The Kier molecular flexibility index (Phi) is 6.84. The zero-order chi connectivity index (χ0) is 20.2. The summed E-state index contributed by atoms with van der Waals surface area (Å²) >= 11 is 2.74. The second kappa shape index (κ2) is 8.72. The standard InChI is InChI=1S/C19H25N5OS2/c1-11(2)19(6,10-20)22-16(25)14(5)26-18-24-23-17(27-18)21-15-8-7-12(3)9-13(15)4/h7-9,11,14H,1-6H3,(H,21,23)(H,22,25)/t14-,19-/m0/s1. The molecule has 0 aliphatic heterocycles. The van der Waals surface area contributed by atoms with E-state index in [0.717, 1.165) is 11.3 Å². The number of hydrogen-bond donors (Lipinski definition) is 2. The van der Waals surface area contributed by atoms with Gasteiger partial charge in [-0.05, 0) is 45.2 Å². The van der Waals surface area contributed by atoms with Crippen molar-refractivity contribution in [2.75, 3.05) is 5.32 Å². The van der Waals surface area contributed by atoms with E-state index in [9.17, 15) is 10.1 Å². The molecule has 0 radical (unpaired) electrons. The SMILES string of the molecule is Cc1ccc(Nc2nnc(S[C@@H](C)C(=O)N[C@@](C)(C#N)C(C)C)s2)c(C)c1. The van der Waals surface area contributed by atoms with Gasteiger partial charge in [-0.2, -0.15) is 5.26 Å². The molecule has 27 heavy (non-hydrogen) atoms. The summed E-state index contributed by atoms with van der Waals surface area (Å²) in [6.07, 6.45) is 0. The number of rotatable bonds is 7. The number of aromatic nitrogens is 2. The number of hydrogen-bond acceptors (Lipinski definition) is 7. The zero-order valence-electron chi connectivity index (χ0n) is 16.5. The maximum Gasteiger partial charge on any atom is 0.234 e. The number of amides is 1. The summed E-state index contributed by atoms with van der Waals surface area (Å²) in [5.74, 6) is -0.171. The van der Waals surface area contributed by atoms with E-state index in [-0.39, 0.29) is 17.1 Å². The third kappa shape index (κ3) is 5.44. The van der Waals surface area contributed by atoms with Gasteiger partial charge in [-0.25, -0.2) is 0 Å². The Morgan fingerprint density at radius 2 is 2.00 bits per heavy atom. The quantitative estimate of drug-likeness (QED) is 0.665. The van der Waals surface area contributed by atoms with Crippen LogP contribution < -0.4 is 10.6 Å². The monoisotopic (exact) mass is 403 g/mol. The van der Waals surface area contributed by atoms with Crippen LogP contribution in [0.25, 0.3) is 0 Å². The molecule has 8 heteroatoms. The molecule has 0 spiro atoms. The van der Waals surface area contributed by atoms with Crippen LogP contribution in [0.15, 0.2) is 22.5 Å². The first kappa shape index (κ1) is 21.2. The highest BCUT2D eigenvalue weighted by Gasteiger charge is 2.32. The van der Waals surface area contributed by atoms with Gasteiger partial charge in [0.1, 0.15) is 5.54 Å². The van der Waals surface area contributed by atoms with Crippen molar-refractivity contribution >= 4 is 39.8 Å². The molecule has 0 bridgehead atoms. The van der Waals surface area contributed by atoms with E-state index >= 15 is 0 Å². The first-order valence-electron chi connectivity index (χ1n) is 8.72. The Balaban J connectivity index is 2.00. The number of nitrogens with zero attached hydrogens (tertiary/aromatic N) is 3. The van der Waals surface area contributed by atoms with E-state index in [2.05, 4.69) is 39.9 Å². The third-order valence-corrected chi connectivity index (χ3v) is 6.47. The Bertz CT molecular complexity index is 858. The first-order valence-corrected chi connectivity index (χ1v) is 10.4.